The van der Waals surface area contributed by atoms with Gasteiger partial charge in [0.15, 0.2) is 0 Å². The van der Waals surface area contributed by atoms with Crippen LogP contribution in [-0.4, -0.2) is 9.97 Å². The van der Waals surface area contributed by atoms with E-state index in [1.54, 1.807) is 29.5 Å². The van der Waals surface area contributed by atoms with E-state index in [-0.39, 0.29) is 0 Å². The second-order valence-corrected chi connectivity index (χ2v) is 6.18. The van der Waals surface area contributed by atoms with Gasteiger partial charge in [-0.3, -0.25) is 0 Å². The number of ether oxygens (including phenoxy) is 1. The molecule has 0 saturated heterocycles. The molecule has 2 aromatic rings. The molecule has 0 saturated carbocycles. The summed E-state index contributed by atoms with van der Waals surface area (Å²) in [5, 5.41) is 1.43. The predicted molar refractivity (Wildman–Crippen MR) is 83.3 cm³/mol. The van der Waals surface area contributed by atoms with Crippen LogP contribution in [0.25, 0.3) is 0 Å². The van der Waals surface area contributed by atoms with Gasteiger partial charge in [0.25, 0.3) is 0 Å². The number of halogens is 1. The minimum Gasteiger partial charge on any atom is -0.485 e. The van der Waals surface area contributed by atoms with Crippen molar-refractivity contribution in [3.05, 3.63) is 44.4 Å². The first kappa shape index (κ1) is 14.2. The van der Waals surface area contributed by atoms with E-state index in [0.29, 0.717) is 22.4 Å². The monoisotopic (exact) mass is 312 g/mol. The van der Waals surface area contributed by atoms with Gasteiger partial charge in [0, 0.05) is 10.4 Å². The van der Waals surface area contributed by atoms with Crippen molar-refractivity contribution in [1.82, 2.24) is 4.98 Å². The SMILES string of the molecule is Cc1nc(COc2ccc(C(N)=S)cc2Cl)sc1C. The molecule has 0 aliphatic rings. The van der Waals surface area contributed by atoms with Gasteiger partial charge in [-0.05, 0) is 32.0 Å². The Hall–Kier alpha value is -1.17. The highest BCUT2D eigenvalue weighted by Gasteiger charge is 2.08. The molecule has 0 fully saturated rings. The van der Waals surface area contributed by atoms with Gasteiger partial charge in [-0.15, -0.1) is 11.3 Å². The molecule has 2 N–H and O–H groups in total. The fraction of sp³-hybridized carbons (Fsp3) is 0.231. The Morgan fingerprint density at radius 3 is 2.74 bits per heavy atom. The molecule has 0 aliphatic heterocycles. The van der Waals surface area contributed by atoms with Gasteiger partial charge in [0.05, 0.1) is 10.7 Å². The number of benzene rings is 1. The second kappa shape index (κ2) is 5.86. The van der Waals surface area contributed by atoms with E-state index < -0.39 is 0 Å². The van der Waals surface area contributed by atoms with Crippen LogP contribution in [0.15, 0.2) is 18.2 Å². The average Bonchev–Trinajstić information content (AvgIpc) is 2.67. The van der Waals surface area contributed by atoms with Crippen LogP contribution in [-0.2, 0) is 6.61 Å². The van der Waals surface area contributed by atoms with Crippen LogP contribution in [0.3, 0.4) is 0 Å². The third-order valence-electron chi connectivity index (χ3n) is 2.64. The van der Waals surface area contributed by atoms with E-state index >= 15 is 0 Å². The lowest BCUT2D eigenvalue weighted by Crippen LogP contribution is -2.09. The highest BCUT2D eigenvalue weighted by atomic mass is 35.5. The zero-order chi connectivity index (χ0) is 14.0. The third kappa shape index (κ3) is 3.43. The highest BCUT2D eigenvalue weighted by Crippen LogP contribution is 2.27. The maximum Gasteiger partial charge on any atom is 0.140 e. The van der Waals surface area contributed by atoms with Crippen molar-refractivity contribution in [1.29, 1.82) is 0 Å². The number of thiocarbonyl (C=S) groups is 1. The summed E-state index contributed by atoms with van der Waals surface area (Å²) in [7, 11) is 0. The van der Waals surface area contributed by atoms with E-state index in [1.165, 1.54) is 4.88 Å². The minimum atomic E-state index is 0.319. The number of nitrogens with zero attached hydrogens (tertiary/aromatic N) is 1. The summed E-state index contributed by atoms with van der Waals surface area (Å²) in [6.07, 6.45) is 0. The number of thiazole rings is 1. The first-order valence-corrected chi connectivity index (χ1v) is 7.22. The topological polar surface area (TPSA) is 48.1 Å². The van der Waals surface area contributed by atoms with Crippen molar-refractivity contribution < 1.29 is 4.74 Å². The molecule has 19 heavy (non-hydrogen) atoms. The Kier molecular flexibility index (Phi) is 4.39. The molecule has 6 heteroatoms. The zero-order valence-electron chi connectivity index (χ0n) is 10.6. The molecule has 1 aromatic carbocycles. The first-order chi connectivity index (χ1) is 8.97. The fourth-order valence-electron chi connectivity index (χ4n) is 1.51. The summed E-state index contributed by atoms with van der Waals surface area (Å²) in [6, 6.07) is 5.27. The smallest absolute Gasteiger partial charge is 0.140 e. The number of aryl methyl sites for hydroxylation is 2. The van der Waals surface area contributed by atoms with Crippen molar-refractivity contribution in [3.8, 4) is 5.75 Å². The summed E-state index contributed by atoms with van der Waals surface area (Å²) in [4.78, 5) is 5.93. The highest BCUT2D eigenvalue weighted by molar-refractivity contribution is 7.80. The molecule has 100 valence electrons. The summed E-state index contributed by atoms with van der Waals surface area (Å²) >= 11 is 12.6. The predicted octanol–water partition coefficient (Wildman–Crippen LogP) is 3.63. The Morgan fingerprint density at radius 1 is 1.47 bits per heavy atom. The molecule has 0 bridgehead atoms. The van der Waals surface area contributed by atoms with Gasteiger partial charge < -0.3 is 10.5 Å². The first-order valence-electron chi connectivity index (χ1n) is 5.62. The number of nitrogens with two attached hydrogens (primary N) is 1. The van der Waals surface area contributed by atoms with Crippen LogP contribution >= 0.6 is 35.2 Å². The number of aromatic nitrogens is 1. The average molecular weight is 313 g/mol. The summed E-state index contributed by atoms with van der Waals surface area (Å²) in [5.74, 6) is 0.604. The number of rotatable bonds is 4. The standard InChI is InChI=1S/C13H13ClN2OS2/c1-7-8(2)19-12(16-7)6-17-11-4-3-9(13(15)18)5-10(11)14/h3-5H,6H2,1-2H3,(H2,15,18). The van der Waals surface area contributed by atoms with Crippen LogP contribution < -0.4 is 10.5 Å². The van der Waals surface area contributed by atoms with Crippen molar-refractivity contribution in [2.45, 2.75) is 20.5 Å². The van der Waals surface area contributed by atoms with Crippen LogP contribution in [0.2, 0.25) is 5.02 Å². The Balaban J connectivity index is 2.09. The maximum atomic E-state index is 6.12. The molecule has 2 rings (SSSR count). The second-order valence-electron chi connectivity index (χ2n) is 4.05. The van der Waals surface area contributed by atoms with Crippen molar-refractivity contribution in [2.75, 3.05) is 0 Å². The Morgan fingerprint density at radius 2 is 2.21 bits per heavy atom. The van der Waals surface area contributed by atoms with Crippen molar-refractivity contribution in [2.24, 2.45) is 5.73 Å². The normalized spacial score (nSPS) is 10.5. The summed E-state index contributed by atoms with van der Waals surface area (Å²) in [5.41, 5.74) is 7.31. The lowest BCUT2D eigenvalue weighted by atomic mass is 10.2. The zero-order valence-corrected chi connectivity index (χ0v) is 13.0. The van der Waals surface area contributed by atoms with E-state index in [9.17, 15) is 0 Å². The third-order valence-corrected chi connectivity index (χ3v) is 4.22. The molecule has 3 nitrogen and oxygen atoms in total. The van der Waals surface area contributed by atoms with E-state index in [0.717, 1.165) is 16.3 Å². The molecule has 0 atom stereocenters. The van der Waals surface area contributed by atoms with Gasteiger partial charge in [0.2, 0.25) is 0 Å². The largest absolute Gasteiger partial charge is 0.485 e. The van der Waals surface area contributed by atoms with E-state index in [1.807, 2.05) is 13.8 Å². The van der Waals surface area contributed by atoms with Crippen molar-refractivity contribution in [3.63, 3.8) is 0 Å². The Labute approximate surface area is 126 Å². The minimum absolute atomic E-state index is 0.319. The molecular weight excluding hydrogens is 300 g/mol. The van der Waals surface area contributed by atoms with Gasteiger partial charge in [-0.1, -0.05) is 23.8 Å². The lowest BCUT2D eigenvalue weighted by Gasteiger charge is -2.07. The molecule has 0 aliphatic carbocycles. The van der Waals surface area contributed by atoms with Gasteiger partial charge >= 0.3 is 0 Å². The van der Waals surface area contributed by atoms with Gasteiger partial charge in [-0.25, -0.2) is 4.98 Å². The fourth-order valence-corrected chi connectivity index (χ4v) is 2.72. The van der Waals surface area contributed by atoms with Gasteiger partial charge in [0.1, 0.15) is 22.4 Å². The van der Waals surface area contributed by atoms with E-state index in [2.05, 4.69) is 4.98 Å². The van der Waals surface area contributed by atoms with Crippen LogP contribution in [0.4, 0.5) is 0 Å². The molecule has 1 heterocycles. The van der Waals surface area contributed by atoms with Gasteiger partial charge in [-0.2, -0.15) is 0 Å². The molecule has 0 spiro atoms. The molecule has 1 aromatic heterocycles. The molecule has 0 radical (unpaired) electrons. The van der Waals surface area contributed by atoms with Crippen molar-refractivity contribution >= 4 is 40.1 Å². The Bertz CT molecular complexity index is 606. The summed E-state index contributed by atoms with van der Waals surface area (Å²) in [6.45, 7) is 4.44. The van der Waals surface area contributed by atoms with Crippen LogP contribution in [0, 0.1) is 13.8 Å². The summed E-state index contributed by atoms with van der Waals surface area (Å²) < 4.78 is 5.66. The molecular formula is C13H13ClN2OS2. The quantitative estimate of drug-likeness (QED) is 0.876. The number of hydrogen-bond acceptors (Lipinski definition) is 4. The van der Waals surface area contributed by atoms with Crippen LogP contribution in [0.5, 0.6) is 5.75 Å². The van der Waals surface area contributed by atoms with Crippen LogP contribution in [0.1, 0.15) is 21.1 Å². The molecule has 0 amide bonds. The number of hydrogen-bond donors (Lipinski definition) is 1. The lowest BCUT2D eigenvalue weighted by molar-refractivity contribution is 0.305. The maximum absolute atomic E-state index is 6.12. The van der Waals surface area contributed by atoms with E-state index in [4.69, 9.17) is 34.3 Å². The molecule has 0 unspecified atom stereocenters.